The number of carbonyl (C=O) groups is 2. The summed E-state index contributed by atoms with van der Waals surface area (Å²) in [5, 5.41) is 18.0. The van der Waals surface area contributed by atoms with Gasteiger partial charge in [-0.05, 0) is 27.7 Å². The molecule has 2 atom stereocenters. The lowest BCUT2D eigenvalue weighted by molar-refractivity contribution is -0.174. The normalized spacial score (nSPS) is 17.7. The summed E-state index contributed by atoms with van der Waals surface area (Å²) < 4.78 is 4.82. The Morgan fingerprint density at radius 1 is 1.33 bits per heavy atom. The molecule has 0 rings (SSSR count). The van der Waals surface area contributed by atoms with Crippen molar-refractivity contribution in [3.8, 4) is 0 Å². The van der Waals surface area contributed by atoms with Gasteiger partial charge in [-0.15, -0.1) is 0 Å². The minimum absolute atomic E-state index is 0.855. The summed E-state index contributed by atoms with van der Waals surface area (Å²) in [6.07, 6.45) is -1.54. The molecule has 0 bridgehead atoms. The highest BCUT2D eigenvalue weighted by Crippen LogP contribution is 2.16. The number of carbonyl (C=O) groups excluding carboxylic acids is 1. The molecule has 6 nitrogen and oxygen atoms in total. The van der Waals surface area contributed by atoms with Crippen molar-refractivity contribution in [2.24, 2.45) is 5.73 Å². The van der Waals surface area contributed by atoms with Crippen molar-refractivity contribution >= 4 is 11.9 Å². The summed E-state index contributed by atoms with van der Waals surface area (Å²) in [6.45, 7) is 5.86. The standard InChI is InChI=1S/C9H17NO5/c1-5(11)9(10,6(12)13)7(14)15-8(2,3)4/h5,11H,10H2,1-4H3,(H,12,13)/t5?,9-/m1/s1. The van der Waals surface area contributed by atoms with Crippen LogP contribution in [0.3, 0.4) is 0 Å². The minimum Gasteiger partial charge on any atom is -0.479 e. The van der Waals surface area contributed by atoms with E-state index in [1.807, 2.05) is 0 Å². The number of carboxylic acid groups (broad SMARTS) is 1. The Bertz CT molecular complexity index is 268. The van der Waals surface area contributed by atoms with Gasteiger partial charge in [-0.3, -0.25) is 0 Å². The number of esters is 1. The first-order chi connectivity index (χ1) is 6.51. The van der Waals surface area contributed by atoms with Gasteiger partial charge in [0.15, 0.2) is 0 Å². The third-order valence-corrected chi connectivity index (χ3v) is 1.75. The van der Waals surface area contributed by atoms with E-state index in [4.69, 9.17) is 15.6 Å². The lowest BCUT2D eigenvalue weighted by Crippen LogP contribution is -2.63. The molecule has 0 aliphatic rings. The van der Waals surface area contributed by atoms with Crippen LogP contribution in [0.2, 0.25) is 0 Å². The summed E-state index contributed by atoms with van der Waals surface area (Å²) in [5.41, 5.74) is 2.03. The summed E-state index contributed by atoms with van der Waals surface area (Å²) in [7, 11) is 0. The van der Waals surface area contributed by atoms with Gasteiger partial charge in [0.25, 0.3) is 0 Å². The highest BCUT2D eigenvalue weighted by molar-refractivity contribution is 6.04. The van der Waals surface area contributed by atoms with E-state index in [1.165, 1.54) is 0 Å². The highest BCUT2D eigenvalue weighted by Gasteiger charge is 2.49. The van der Waals surface area contributed by atoms with Gasteiger partial charge >= 0.3 is 11.9 Å². The molecule has 0 aliphatic heterocycles. The SMILES string of the molecule is CC(O)[C@@](N)(C(=O)O)C(=O)OC(C)(C)C. The van der Waals surface area contributed by atoms with E-state index in [0.717, 1.165) is 6.92 Å². The first-order valence-corrected chi connectivity index (χ1v) is 4.45. The first kappa shape index (κ1) is 13.9. The second-order valence-electron chi connectivity index (χ2n) is 4.35. The number of carboxylic acids is 1. The van der Waals surface area contributed by atoms with Crippen LogP contribution in [0.15, 0.2) is 0 Å². The predicted octanol–water partition coefficient (Wildman–Crippen LogP) is -0.509. The Kier molecular flexibility index (Phi) is 3.84. The lowest BCUT2D eigenvalue weighted by Gasteiger charge is -2.29. The van der Waals surface area contributed by atoms with Crippen molar-refractivity contribution in [2.45, 2.75) is 44.9 Å². The zero-order valence-corrected chi connectivity index (χ0v) is 9.27. The number of hydrogen-bond acceptors (Lipinski definition) is 5. The summed E-state index contributed by atoms with van der Waals surface area (Å²) >= 11 is 0. The van der Waals surface area contributed by atoms with Crippen LogP contribution >= 0.6 is 0 Å². The van der Waals surface area contributed by atoms with E-state index in [-0.39, 0.29) is 0 Å². The van der Waals surface area contributed by atoms with E-state index < -0.39 is 29.2 Å². The predicted molar refractivity (Wildman–Crippen MR) is 52.1 cm³/mol. The number of nitrogens with two attached hydrogens (primary N) is 1. The molecule has 0 aliphatic carbocycles. The summed E-state index contributed by atoms with van der Waals surface area (Å²) in [4.78, 5) is 22.3. The van der Waals surface area contributed by atoms with Gasteiger partial charge in [-0.25, -0.2) is 9.59 Å². The van der Waals surface area contributed by atoms with Crippen LogP contribution in [0.1, 0.15) is 27.7 Å². The van der Waals surface area contributed by atoms with Gasteiger partial charge in [-0.1, -0.05) is 0 Å². The third kappa shape index (κ3) is 3.17. The fourth-order valence-electron chi connectivity index (χ4n) is 0.799. The minimum atomic E-state index is -2.42. The molecule has 4 N–H and O–H groups in total. The second-order valence-corrected chi connectivity index (χ2v) is 4.35. The van der Waals surface area contributed by atoms with Crippen LogP contribution in [0, 0.1) is 0 Å². The fourth-order valence-corrected chi connectivity index (χ4v) is 0.799. The summed E-state index contributed by atoms with van der Waals surface area (Å²) in [6, 6.07) is 0. The lowest BCUT2D eigenvalue weighted by atomic mass is 9.94. The van der Waals surface area contributed by atoms with Gasteiger partial charge in [0.05, 0.1) is 6.10 Å². The maximum Gasteiger partial charge on any atom is 0.341 e. The van der Waals surface area contributed by atoms with Crippen molar-refractivity contribution in [3.05, 3.63) is 0 Å². The molecule has 0 aromatic rings. The average Bonchev–Trinajstić information content (AvgIpc) is 1.98. The van der Waals surface area contributed by atoms with Crippen LogP contribution in [0.5, 0.6) is 0 Å². The molecule has 0 heterocycles. The zero-order valence-electron chi connectivity index (χ0n) is 9.27. The van der Waals surface area contributed by atoms with E-state index in [9.17, 15) is 14.7 Å². The van der Waals surface area contributed by atoms with E-state index in [0.29, 0.717) is 0 Å². The monoisotopic (exact) mass is 219 g/mol. The van der Waals surface area contributed by atoms with Crippen LogP contribution in [0.4, 0.5) is 0 Å². The Balaban J connectivity index is 4.97. The molecular formula is C9H17NO5. The maximum atomic E-state index is 11.5. The Morgan fingerprint density at radius 2 is 1.73 bits per heavy atom. The van der Waals surface area contributed by atoms with Crippen LogP contribution < -0.4 is 5.73 Å². The number of rotatable bonds is 3. The molecule has 0 fully saturated rings. The van der Waals surface area contributed by atoms with Crippen LogP contribution in [-0.2, 0) is 14.3 Å². The Morgan fingerprint density at radius 3 is 1.93 bits per heavy atom. The van der Waals surface area contributed by atoms with Gasteiger partial charge in [0.1, 0.15) is 5.60 Å². The molecule has 6 heteroatoms. The van der Waals surface area contributed by atoms with Crippen molar-refractivity contribution in [2.75, 3.05) is 0 Å². The second kappa shape index (κ2) is 4.16. The third-order valence-electron chi connectivity index (χ3n) is 1.75. The molecule has 0 saturated carbocycles. The van der Waals surface area contributed by atoms with Gasteiger partial charge in [0.2, 0.25) is 5.54 Å². The topological polar surface area (TPSA) is 110 Å². The number of hydrogen-bond donors (Lipinski definition) is 3. The Hall–Kier alpha value is -1.14. The summed E-state index contributed by atoms with van der Waals surface area (Å²) in [5.74, 6) is -2.77. The highest BCUT2D eigenvalue weighted by atomic mass is 16.6. The Labute approximate surface area is 88.0 Å². The average molecular weight is 219 g/mol. The van der Waals surface area contributed by atoms with Gasteiger partial charge < -0.3 is 20.7 Å². The maximum absolute atomic E-state index is 11.5. The van der Waals surface area contributed by atoms with Crippen molar-refractivity contribution < 1.29 is 24.5 Å². The van der Waals surface area contributed by atoms with Crippen LogP contribution in [-0.4, -0.2) is 39.4 Å². The molecule has 0 spiro atoms. The van der Waals surface area contributed by atoms with Gasteiger partial charge in [0, 0.05) is 0 Å². The molecule has 0 aromatic heterocycles. The molecular weight excluding hydrogens is 202 g/mol. The number of aliphatic carboxylic acids is 1. The molecule has 88 valence electrons. The molecule has 0 aromatic carbocycles. The molecule has 0 saturated heterocycles. The quantitative estimate of drug-likeness (QED) is 0.435. The fraction of sp³-hybridized carbons (Fsp3) is 0.778. The van der Waals surface area contributed by atoms with Crippen LogP contribution in [0.25, 0.3) is 0 Å². The molecule has 0 radical (unpaired) electrons. The van der Waals surface area contributed by atoms with E-state index in [2.05, 4.69) is 0 Å². The number of aliphatic hydroxyl groups is 1. The van der Waals surface area contributed by atoms with Crippen molar-refractivity contribution in [1.29, 1.82) is 0 Å². The largest absolute Gasteiger partial charge is 0.479 e. The van der Waals surface area contributed by atoms with Crippen molar-refractivity contribution in [3.63, 3.8) is 0 Å². The zero-order chi connectivity index (χ0) is 12.4. The smallest absolute Gasteiger partial charge is 0.341 e. The van der Waals surface area contributed by atoms with Gasteiger partial charge in [-0.2, -0.15) is 0 Å². The molecule has 1 unspecified atom stereocenters. The molecule has 15 heavy (non-hydrogen) atoms. The van der Waals surface area contributed by atoms with E-state index in [1.54, 1.807) is 20.8 Å². The number of ether oxygens (including phenoxy) is 1. The number of aliphatic hydroxyl groups excluding tert-OH is 1. The van der Waals surface area contributed by atoms with E-state index >= 15 is 0 Å². The molecule has 0 amide bonds. The van der Waals surface area contributed by atoms with Crippen molar-refractivity contribution in [1.82, 2.24) is 0 Å². The first-order valence-electron chi connectivity index (χ1n) is 4.45.